The lowest BCUT2D eigenvalue weighted by Gasteiger charge is -2.11. The maximum atomic E-state index is 12.2. The van der Waals surface area contributed by atoms with Gasteiger partial charge in [0.2, 0.25) is 0 Å². The van der Waals surface area contributed by atoms with Crippen LogP contribution in [0.4, 0.5) is 8.78 Å². The number of hydrogen-bond acceptors (Lipinski definition) is 4. The number of methoxy groups -OCH3 is 1. The zero-order chi connectivity index (χ0) is 13.4. The molecule has 0 atom stereocenters. The van der Waals surface area contributed by atoms with Gasteiger partial charge >= 0.3 is 6.61 Å². The van der Waals surface area contributed by atoms with Gasteiger partial charge in [0.1, 0.15) is 0 Å². The van der Waals surface area contributed by atoms with Gasteiger partial charge in [0.25, 0.3) is 0 Å². The van der Waals surface area contributed by atoms with Gasteiger partial charge in [-0.1, -0.05) is 6.07 Å². The summed E-state index contributed by atoms with van der Waals surface area (Å²) in [4.78, 5) is 0. The van der Waals surface area contributed by atoms with Crippen molar-refractivity contribution in [1.82, 2.24) is 5.32 Å². The van der Waals surface area contributed by atoms with E-state index in [1.807, 2.05) is 6.07 Å². The average molecular weight is 256 g/mol. The monoisotopic (exact) mass is 256 g/mol. The fourth-order valence-electron chi connectivity index (χ4n) is 1.40. The molecule has 0 heterocycles. The Labute approximate surface area is 104 Å². The van der Waals surface area contributed by atoms with Crippen LogP contribution in [0.15, 0.2) is 18.2 Å². The van der Waals surface area contributed by atoms with Gasteiger partial charge in [-0.05, 0) is 17.7 Å². The van der Waals surface area contributed by atoms with Gasteiger partial charge in [-0.2, -0.15) is 14.0 Å². The van der Waals surface area contributed by atoms with Gasteiger partial charge in [-0.3, -0.25) is 0 Å². The number of nitrogens with zero attached hydrogens (tertiary/aromatic N) is 1. The topological polar surface area (TPSA) is 54.3 Å². The standard InChI is InChI=1S/C12H14F2N2O2/c1-17-10-4-3-9(8-16-6-2-5-15)7-11(10)18-12(13)14/h3-4,7,12,16H,2,6,8H2,1H3. The summed E-state index contributed by atoms with van der Waals surface area (Å²) in [6.07, 6.45) is 0.399. The predicted octanol–water partition coefficient (Wildman–Crippen LogP) is 2.30. The van der Waals surface area contributed by atoms with Gasteiger partial charge in [0.15, 0.2) is 11.5 Å². The highest BCUT2D eigenvalue weighted by molar-refractivity contribution is 5.42. The van der Waals surface area contributed by atoms with Crippen molar-refractivity contribution < 1.29 is 18.3 Å². The molecule has 0 fully saturated rings. The molecule has 1 aromatic rings. The lowest BCUT2D eigenvalue weighted by molar-refractivity contribution is -0.0512. The van der Waals surface area contributed by atoms with Crippen molar-refractivity contribution in [3.8, 4) is 17.6 Å². The van der Waals surface area contributed by atoms with Crippen LogP contribution < -0.4 is 14.8 Å². The summed E-state index contributed by atoms with van der Waals surface area (Å²) in [7, 11) is 1.39. The third kappa shape index (κ3) is 4.55. The van der Waals surface area contributed by atoms with E-state index in [2.05, 4.69) is 10.1 Å². The predicted molar refractivity (Wildman–Crippen MR) is 61.6 cm³/mol. The van der Waals surface area contributed by atoms with Crippen molar-refractivity contribution in [2.24, 2.45) is 0 Å². The molecule has 0 unspecified atom stereocenters. The zero-order valence-corrected chi connectivity index (χ0v) is 9.95. The second-order valence-electron chi connectivity index (χ2n) is 3.45. The van der Waals surface area contributed by atoms with Crippen LogP contribution in [0.3, 0.4) is 0 Å². The van der Waals surface area contributed by atoms with Crippen molar-refractivity contribution in [3.63, 3.8) is 0 Å². The number of alkyl halides is 2. The summed E-state index contributed by atoms with van der Waals surface area (Å²) in [6.45, 7) is -1.86. The summed E-state index contributed by atoms with van der Waals surface area (Å²) in [5.74, 6) is 0.267. The molecule has 0 saturated carbocycles. The van der Waals surface area contributed by atoms with Crippen molar-refractivity contribution in [3.05, 3.63) is 23.8 Å². The van der Waals surface area contributed by atoms with Crippen molar-refractivity contribution in [1.29, 1.82) is 5.26 Å². The fourth-order valence-corrected chi connectivity index (χ4v) is 1.40. The van der Waals surface area contributed by atoms with Gasteiger partial charge < -0.3 is 14.8 Å². The summed E-state index contributed by atoms with van der Waals surface area (Å²) in [6, 6.07) is 6.81. The molecule has 1 N–H and O–H groups in total. The molecule has 98 valence electrons. The molecular weight excluding hydrogens is 242 g/mol. The van der Waals surface area contributed by atoms with E-state index in [4.69, 9.17) is 10.00 Å². The number of halogens is 2. The second kappa shape index (κ2) is 7.45. The van der Waals surface area contributed by atoms with Crippen LogP contribution in [-0.4, -0.2) is 20.3 Å². The highest BCUT2D eigenvalue weighted by atomic mass is 19.3. The van der Waals surface area contributed by atoms with E-state index in [9.17, 15) is 8.78 Å². The number of hydrogen-bond donors (Lipinski definition) is 1. The van der Waals surface area contributed by atoms with E-state index < -0.39 is 6.61 Å². The number of ether oxygens (including phenoxy) is 2. The maximum Gasteiger partial charge on any atom is 0.387 e. The normalized spacial score (nSPS) is 10.2. The SMILES string of the molecule is COc1ccc(CNCCC#N)cc1OC(F)F. The molecule has 4 nitrogen and oxygen atoms in total. The van der Waals surface area contributed by atoms with E-state index in [-0.39, 0.29) is 11.5 Å². The van der Waals surface area contributed by atoms with Crippen LogP contribution in [0.5, 0.6) is 11.5 Å². The fraction of sp³-hybridized carbons (Fsp3) is 0.417. The van der Waals surface area contributed by atoms with Gasteiger partial charge in [-0.15, -0.1) is 0 Å². The molecule has 0 saturated heterocycles. The highest BCUT2D eigenvalue weighted by Crippen LogP contribution is 2.29. The van der Waals surface area contributed by atoms with E-state index in [1.165, 1.54) is 13.2 Å². The molecule has 0 bridgehead atoms. The second-order valence-corrected chi connectivity index (χ2v) is 3.45. The Balaban J connectivity index is 2.67. The van der Waals surface area contributed by atoms with Gasteiger partial charge in [0.05, 0.1) is 13.2 Å². The van der Waals surface area contributed by atoms with Crippen LogP contribution >= 0.6 is 0 Å². The molecule has 0 aliphatic rings. The summed E-state index contributed by atoms with van der Waals surface area (Å²) in [5.41, 5.74) is 0.782. The van der Waals surface area contributed by atoms with E-state index >= 15 is 0 Å². The Morgan fingerprint density at radius 3 is 2.78 bits per heavy atom. The molecule has 0 amide bonds. The lowest BCUT2D eigenvalue weighted by Crippen LogP contribution is -2.14. The Bertz CT molecular complexity index is 419. The first-order valence-electron chi connectivity index (χ1n) is 5.36. The van der Waals surface area contributed by atoms with Crippen LogP contribution in [0.2, 0.25) is 0 Å². The van der Waals surface area contributed by atoms with Gasteiger partial charge in [0, 0.05) is 19.5 Å². The average Bonchev–Trinajstić information content (AvgIpc) is 2.34. The first-order valence-corrected chi connectivity index (χ1v) is 5.36. The largest absolute Gasteiger partial charge is 0.493 e. The van der Waals surface area contributed by atoms with E-state index in [0.29, 0.717) is 19.5 Å². The molecule has 6 heteroatoms. The molecule has 0 aromatic heterocycles. The molecule has 18 heavy (non-hydrogen) atoms. The zero-order valence-electron chi connectivity index (χ0n) is 9.95. The Hall–Kier alpha value is -1.87. The van der Waals surface area contributed by atoms with E-state index in [0.717, 1.165) is 5.56 Å². The third-order valence-electron chi connectivity index (χ3n) is 2.19. The van der Waals surface area contributed by atoms with Crippen molar-refractivity contribution in [2.45, 2.75) is 19.6 Å². The lowest BCUT2D eigenvalue weighted by atomic mass is 10.2. The quantitative estimate of drug-likeness (QED) is 0.760. The smallest absolute Gasteiger partial charge is 0.387 e. The van der Waals surface area contributed by atoms with Crippen LogP contribution in [0.1, 0.15) is 12.0 Å². The van der Waals surface area contributed by atoms with Crippen molar-refractivity contribution in [2.75, 3.05) is 13.7 Å². The number of nitrogens with one attached hydrogen (secondary N) is 1. The van der Waals surface area contributed by atoms with Gasteiger partial charge in [-0.25, -0.2) is 0 Å². The Kier molecular flexibility index (Phi) is 5.88. The molecule has 0 aliphatic heterocycles. The molecule has 0 radical (unpaired) electrons. The number of rotatable bonds is 7. The van der Waals surface area contributed by atoms with Crippen LogP contribution in [0.25, 0.3) is 0 Å². The summed E-state index contributed by atoms with van der Waals surface area (Å²) in [5, 5.41) is 11.4. The minimum absolute atomic E-state index is 0.00656. The first-order chi connectivity index (χ1) is 8.67. The summed E-state index contributed by atoms with van der Waals surface area (Å²) < 4.78 is 33.7. The molecule has 1 rings (SSSR count). The number of nitriles is 1. The maximum absolute atomic E-state index is 12.2. The van der Waals surface area contributed by atoms with Crippen molar-refractivity contribution >= 4 is 0 Å². The van der Waals surface area contributed by atoms with Crippen LogP contribution in [0, 0.1) is 11.3 Å². The minimum atomic E-state index is -2.89. The van der Waals surface area contributed by atoms with Crippen LogP contribution in [-0.2, 0) is 6.54 Å². The molecule has 0 spiro atoms. The van der Waals surface area contributed by atoms with E-state index in [1.54, 1.807) is 12.1 Å². The highest BCUT2D eigenvalue weighted by Gasteiger charge is 2.10. The minimum Gasteiger partial charge on any atom is -0.493 e. The number of benzene rings is 1. The Morgan fingerprint density at radius 1 is 1.39 bits per heavy atom. The summed E-state index contributed by atoms with van der Waals surface area (Å²) >= 11 is 0. The Morgan fingerprint density at radius 2 is 2.17 bits per heavy atom. The molecule has 1 aromatic carbocycles. The molecule has 0 aliphatic carbocycles. The molecular formula is C12H14F2N2O2. The first kappa shape index (κ1) is 14.2. The third-order valence-corrected chi connectivity index (χ3v) is 2.19.